The monoisotopic (exact) mass is 375 g/mol. The van der Waals surface area contributed by atoms with Crippen molar-refractivity contribution in [3.8, 4) is 0 Å². The van der Waals surface area contributed by atoms with Crippen LogP contribution in [0.3, 0.4) is 0 Å². The Kier molecular flexibility index (Phi) is 4.13. The van der Waals surface area contributed by atoms with Gasteiger partial charge in [-0.15, -0.1) is 0 Å². The number of Topliss-reactive ketones (excluding diaryl/α,β-unsaturated/α-hetero) is 1. The van der Waals surface area contributed by atoms with Crippen LogP contribution in [0, 0.1) is 0 Å². The first-order valence-corrected chi connectivity index (χ1v) is 9.91. The summed E-state index contributed by atoms with van der Waals surface area (Å²) in [6.07, 6.45) is 2.62. The molecule has 0 amide bonds. The largest absolute Gasteiger partial charge is 0.294 e. The maximum absolute atomic E-state index is 12.7. The first kappa shape index (κ1) is 17.6. The van der Waals surface area contributed by atoms with Crippen LogP contribution < -0.4 is 0 Å². The second kappa shape index (κ2) is 6.82. The summed E-state index contributed by atoms with van der Waals surface area (Å²) in [4.78, 5) is 17.2. The number of nitrogens with zero attached hydrogens (tertiary/aromatic N) is 1. The average Bonchev–Trinajstić information content (AvgIpc) is 3.10. The van der Waals surface area contributed by atoms with Crippen molar-refractivity contribution >= 4 is 38.6 Å². The van der Waals surface area contributed by atoms with E-state index >= 15 is 0 Å². The molecule has 0 aliphatic heterocycles. The molecule has 0 saturated carbocycles. The van der Waals surface area contributed by atoms with Gasteiger partial charge >= 0.3 is 0 Å². The lowest BCUT2D eigenvalue weighted by atomic mass is 9.92. The Labute approximate surface area is 170 Å². The number of carbonyl (C=O) groups is 1. The molecule has 0 N–H and O–H groups in total. The molecule has 0 atom stereocenters. The number of hydrogen-bond donors (Lipinski definition) is 0. The van der Waals surface area contributed by atoms with Gasteiger partial charge in [0.15, 0.2) is 5.78 Å². The minimum atomic E-state index is 0.124. The molecule has 0 radical (unpaired) electrons. The van der Waals surface area contributed by atoms with Crippen molar-refractivity contribution in [1.29, 1.82) is 0 Å². The topological polar surface area (TPSA) is 30.0 Å². The highest BCUT2D eigenvalue weighted by atomic mass is 16.1. The number of aromatic nitrogens is 1. The van der Waals surface area contributed by atoms with Crippen molar-refractivity contribution in [3.63, 3.8) is 0 Å². The minimum absolute atomic E-state index is 0.124. The summed E-state index contributed by atoms with van der Waals surface area (Å²) in [7, 11) is 0. The summed E-state index contributed by atoms with van der Waals surface area (Å²) in [5.74, 6) is 0.124. The number of allylic oxidation sites excluding steroid dienone is 4. The molecular formula is C27H21NO. The number of benzene rings is 3. The quantitative estimate of drug-likeness (QED) is 0.403. The van der Waals surface area contributed by atoms with Crippen LogP contribution in [0.1, 0.15) is 31.4 Å². The maximum Gasteiger partial charge on any atom is 0.160 e. The van der Waals surface area contributed by atoms with E-state index in [9.17, 15) is 4.79 Å². The SMILES string of the molecule is CC(=O)C1=C(c2cccc3ccccc23)CC(c2ccnc3ccccc23)=C1C. The van der Waals surface area contributed by atoms with Crippen LogP contribution in [0.25, 0.3) is 32.8 Å². The summed E-state index contributed by atoms with van der Waals surface area (Å²) < 4.78 is 0. The molecule has 0 fully saturated rings. The van der Waals surface area contributed by atoms with E-state index in [2.05, 4.69) is 66.5 Å². The lowest BCUT2D eigenvalue weighted by molar-refractivity contribution is -0.113. The van der Waals surface area contributed by atoms with Gasteiger partial charge in [0.1, 0.15) is 0 Å². The van der Waals surface area contributed by atoms with Crippen molar-refractivity contribution in [3.05, 3.63) is 101 Å². The fraction of sp³-hybridized carbons (Fsp3) is 0.111. The lowest BCUT2D eigenvalue weighted by Crippen LogP contribution is -1.99. The molecule has 140 valence electrons. The maximum atomic E-state index is 12.7. The van der Waals surface area contributed by atoms with Crippen LogP contribution in [0.2, 0.25) is 0 Å². The summed E-state index contributed by atoms with van der Waals surface area (Å²) in [5, 5.41) is 3.52. The van der Waals surface area contributed by atoms with Gasteiger partial charge in [-0.25, -0.2) is 0 Å². The molecule has 1 heterocycles. The van der Waals surface area contributed by atoms with Gasteiger partial charge in [-0.3, -0.25) is 9.78 Å². The lowest BCUT2D eigenvalue weighted by Gasteiger charge is -2.11. The van der Waals surface area contributed by atoms with Gasteiger partial charge in [-0.2, -0.15) is 0 Å². The summed E-state index contributed by atoms with van der Waals surface area (Å²) in [6, 6.07) is 25.0. The number of pyridine rings is 1. The third-order valence-corrected chi connectivity index (χ3v) is 5.92. The zero-order chi connectivity index (χ0) is 20.0. The number of hydrogen-bond acceptors (Lipinski definition) is 2. The molecule has 0 spiro atoms. The van der Waals surface area contributed by atoms with Gasteiger partial charge in [0, 0.05) is 17.2 Å². The van der Waals surface area contributed by atoms with E-state index in [-0.39, 0.29) is 5.78 Å². The Balaban J connectivity index is 1.72. The predicted octanol–water partition coefficient (Wildman–Crippen LogP) is 6.61. The normalized spacial score (nSPS) is 14.3. The van der Waals surface area contributed by atoms with E-state index in [1.165, 1.54) is 21.9 Å². The Morgan fingerprint density at radius 2 is 1.48 bits per heavy atom. The molecule has 0 saturated heterocycles. The standard InChI is InChI=1S/C27H21NO/c1-17-24(22-14-15-28-26-13-6-5-11-23(22)26)16-25(27(17)18(2)29)21-12-7-9-19-8-3-4-10-20(19)21/h3-15H,16H2,1-2H3. The Morgan fingerprint density at radius 1 is 0.793 bits per heavy atom. The smallest absolute Gasteiger partial charge is 0.160 e. The molecule has 1 aromatic heterocycles. The summed E-state index contributed by atoms with van der Waals surface area (Å²) in [6.45, 7) is 3.76. The Hall–Kier alpha value is -3.52. The zero-order valence-corrected chi connectivity index (χ0v) is 16.6. The molecular weight excluding hydrogens is 354 g/mol. The van der Waals surface area contributed by atoms with Gasteiger partial charge < -0.3 is 0 Å². The van der Waals surface area contributed by atoms with Crippen molar-refractivity contribution in [1.82, 2.24) is 4.98 Å². The number of carbonyl (C=O) groups excluding carboxylic acids is 1. The number of para-hydroxylation sites is 1. The minimum Gasteiger partial charge on any atom is -0.294 e. The van der Waals surface area contributed by atoms with E-state index in [4.69, 9.17) is 0 Å². The molecule has 3 aromatic carbocycles. The van der Waals surface area contributed by atoms with Crippen LogP contribution in [-0.2, 0) is 4.79 Å². The average molecular weight is 375 g/mol. The molecule has 0 unspecified atom stereocenters. The van der Waals surface area contributed by atoms with E-state index in [0.29, 0.717) is 0 Å². The highest BCUT2D eigenvalue weighted by Crippen LogP contribution is 2.45. The van der Waals surface area contributed by atoms with Crippen LogP contribution >= 0.6 is 0 Å². The van der Waals surface area contributed by atoms with Crippen molar-refractivity contribution in [2.24, 2.45) is 0 Å². The number of rotatable bonds is 3. The van der Waals surface area contributed by atoms with E-state index in [1.54, 1.807) is 6.92 Å². The van der Waals surface area contributed by atoms with Gasteiger partial charge in [0.2, 0.25) is 0 Å². The molecule has 1 aliphatic rings. The Morgan fingerprint density at radius 3 is 2.31 bits per heavy atom. The molecule has 5 rings (SSSR count). The van der Waals surface area contributed by atoms with Gasteiger partial charge in [-0.1, -0.05) is 60.7 Å². The second-order valence-electron chi connectivity index (χ2n) is 7.59. The number of ketones is 1. The van der Waals surface area contributed by atoms with E-state index in [1.807, 2.05) is 24.4 Å². The Bertz CT molecular complexity index is 1350. The van der Waals surface area contributed by atoms with Gasteiger partial charge in [-0.05, 0) is 71.0 Å². The van der Waals surface area contributed by atoms with E-state index < -0.39 is 0 Å². The fourth-order valence-corrected chi connectivity index (χ4v) is 4.63. The number of fused-ring (bicyclic) bond motifs is 2. The third kappa shape index (κ3) is 2.80. The first-order valence-electron chi connectivity index (χ1n) is 9.91. The van der Waals surface area contributed by atoms with Crippen LogP contribution in [-0.4, -0.2) is 10.8 Å². The summed E-state index contributed by atoms with van der Waals surface area (Å²) >= 11 is 0. The molecule has 4 aromatic rings. The third-order valence-electron chi connectivity index (χ3n) is 5.92. The second-order valence-corrected chi connectivity index (χ2v) is 7.59. The van der Waals surface area contributed by atoms with Crippen molar-refractivity contribution in [2.45, 2.75) is 20.3 Å². The van der Waals surface area contributed by atoms with E-state index in [0.717, 1.165) is 39.6 Å². The predicted molar refractivity (Wildman–Crippen MR) is 121 cm³/mol. The van der Waals surface area contributed by atoms with Crippen LogP contribution in [0.15, 0.2) is 90.1 Å². The molecule has 2 nitrogen and oxygen atoms in total. The zero-order valence-electron chi connectivity index (χ0n) is 16.6. The van der Waals surface area contributed by atoms with Crippen LogP contribution in [0.5, 0.6) is 0 Å². The molecule has 2 heteroatoms. The van der Waals surface area contributed by atoms with Gasteiger partial charge in [0.05, 0.1) is 5.52 Å². The first-order chi connectivity index (χ1) is 14.1. The molecule has 29 heavy (non-hydrogen) atoms. The molecule has 1 aliphatic carbocycles. The van der Waals surface area contributed by atoms with Crippen molar-refractivity contribution < 1.29 is 4.79 Å². The highest BCUT2D eigenvalue weighted by molar-refractivity contribution is 6.15. The van der Waals surface area contributed by atoms with Crippen LogP contribution in [0.4, 0.5) is 0 Å². The fourth-order valence-electron chi connectivity index (χ4n) is 4.63. The highest BCUT2D eigenvalue weighted by Gasteiger charge is 2.27. The summed E-state index contributed by atoms with van der Waals surface area (Å²) in [5.41, 5.74) is 7.59. The van der Waals surface area contributed by atoms with Gasteiger partial charge in [0.25, 0.3) is 0 Å². The van der Waals surface area contributed by atoms with Crippen molar-refractivity contribution in [2.75, 3.05) is 0 Å². The molecule has 0 bridgehead atoms.